The van der Waals surface area contributed by atoms with Crippen molar-refractivity contribution in [3.8, 4) is 11.1 Å². The fourth-order valence-electron chi connectivity index (χ4n) is 3.49. The summed E-state index contributed by atoms with van der Waals surface area (Å²) in [5.41, 5.74) is 1.89. The highest BCUT2D eigenvalue weighted by atomic mass is 19.1. The Morgan fingerprint density at radius 1 is 1.04 bits per heavy atom. The predicted molar refractivity (Wildman–Crippen MR) is 98.2 cm³/mol. The molecule has 0 bridgehead atoms. The zero-order valence-electron chi connectivity index (χ0n) is 14.7. The van der Waals surface area contributed by atoms with Crippen LogP contribution in [0.15, 0.2) is 60.9 Å². The van der Waals surface area contributed by atoms with Crippen molar-refractivity contribution in [2.45, 2.75) is 18.9 Å². The van der Waals surface area contributed by atoms with E-state index >= 15 is 0 Å². The summed E-state index contributed by atoms with van der Waals surface area (Å²) in [7, 11) is 0. The Hall–Kier alpha value is -3.02. The molecule has 0 radical (unpaired) electrons. The summed E-state index contributed by atoms with van der Waals surface area (Å²) in [4.78, 5) is 14.4. The lowest BCUT2D eigenvalue weighted by molar-refractivity contribution is 0.0668. The monoisotopic (exact) mass is 367 g/mol. The highest BCUT2D eigenvalue weighted by Crippen LogP contribution is 2.26. The van der Waals surface area contributed by atoms with E-state index < -0.39 is 5.82 Å². The number of carbonyl (C=O) groups is 1. The SMILES string of the molecule is O=C(c1ccccc1F)N1CCCC(n2cc(-c3ccc(F)cc3)cn2)C1. The number of aromatic nitrogens is 2. The maximum atomic E-state index is 13.9. The third-order valence-corrected chi connectivity index (χ3v) is 4.94. The van der Waals surface area contributed by atoms with Gasteiger partial charge in [0.25, 0.3) is 5.91 Å². The van der Waals surface area contributed by atoms with Crippen molar-refractivity contribution in [1.82, 2.24) is 14.7 Å². The fraction of sp³-hybridized carbons (Fsp3) is 0.238. The summed E-state index contributed by atoms with van der Waals surface area (Å²) in [5, 5.41) is 4.43. The third-order valence-electron chi connectivity index (χ3n) is 4.94. The zero-order chi connectivity index (χ0) is 18.8. The van der Waals surface area contributed by atoms with Gasteiger partial charge in [-0.2, -0.15) is 5.10 Å². The molecule has 6 heteroatoms. The van der Waals surface area contributed by atoms with E-state index in [0.29, 0.717) is 13.1 Å². The molecule has 0 saturated carbocycles. The smallest absolute Gasteiger partial charge is 0.256 e. The molecule has 0 spiro atoms. The number of amides is 1. The second-order valence-corrected chi connectivity index (χ2v) is 6.74. The van der Waals surface area contributed by atoms with Crippen molar-refractivity contribution < 1.29 is 13.6 Å². The zero-order valence-corrected chi connectivity index (χ0v) is 14.7. The summed E-state index contributed by atoms with van der Waals surface area (Å²) in [5.74, 6) is -1.06. The van der Waals surface area contributed by atoms with Gasteiger partial charge in [-0.15, -0.1) is 0 Å². The molecule has 1 fully saturated rings. The fourth-order valence-corrected chi connectivity index (χ4v) is 3.49. The minimum Gasteiger partial charge on any atom is -0.336 e. The molecule has 27 heavy (non-hydrogen) atoms. The average molecular weight is 367 g/mol. The van der Waals surface area contributed by atoms with Crippen molar-refractivity contribution in [1.29, 1.82) is 0 Å². The van der Waals surface area contributed by atoms with E-state index in [-0.39, 0.29) is 23.3 Å². The Bertz CT molecular complexity index is 952. The lowest BCUT2D eigenvalue weighted by Crippen LogP contribution is -2.41. The van der Waals surface area contributed by atoms with E-state index in [1.165, 1.54) is 24.3 Å². The minimum absolute atomic E-state index is 0.0312. The number of rotatable bonds is 3. The lowest BCUT2D eigenvalue weighted by atomic mass is 10.0. The van der Waals surface area contributed by atoms with Crippen molar-refractivity contribution in [3.63, 3.8) is 0 Å². The van der Waals surface area contributed by atoms with Crippen LogP contribution in [0.4, 0.5) is 8.78 Å². The maximum absolute atomic E-state index is 13.9. The standard InChI is InChI=1S/C21H19F2N3O/c22-17-9-7-15(8-10-17)16-12-24-26(13-16)18-4-3-11-25(14-18)21(27)19-5-1-2-6-20(19)23/h1-2,5-10,12-13,18H,3-4,11,14H2. The Morgan fingerprint density at radius 2 is 1.81 bits per heavy atom. The largest absolute Gasteiger partial charge is 0.336 e. The molecule has 1 aromatic heterocycles. The first-order valence-electron chi connectivity index (χ1n) is 8.96. The molecule has 138 valence electrons. The molecule has 1 atom stereocenters. The van der Waals surface area contributed by atoms with Crippen LogP contribution in [0.2, 0.25) is 0 Å². The number of nitrogens with zero attached hydrogens (tertiary/aromatic N) is 3. The quantitative estimate of drug-likeness (QED) is 0.692. The van der Waals surface area contributed by atoms with Crippen LogP contribution in [0.3, 0.4) is 0 Å². The number of benzene rings is 2. The summed E-state index contributed by atoms with van der Waals surface area (Å²) >= 11 is 0. The summed E-state index contributed by atoms with van der Waals surface area (Å²) in [6, 6.07) is 12.4. The van der Waals surface area contributed by atoms with Crippen molar-refractivity contribution in [2.24, 2.45) is 0 Å². The van der Waals surface area contributed by atoms with E-state index in [1.807, 2.05) is 10.9 Å². The first kappa shape index (κ1) is 17.4. The van der Waals surface area contributed by atoms with E-state index in [4.69, 9.17) is 0 Å². The van der Waals surface area contributed by atoms with Gasteiger partial charge >= 0.3 is 0 Å². The van der Waals surface area contributed by atoms with E-state index in [2.05, 4.69) is 5.10 Å². The van der Waals surface area contributed by atoms with Gasteiger partial charge in [0, 0.05) is 24.8 Å². The van der Waals surface area contributed by atoms with E-state index in [1.54, 1.807) is 35.4 Å². The van der Waals surface area contributed by atoms with Gasteiger partial charge < -0.3 is 4.90 Å². The number of halogens is 2. The molecule has 1 amide bonds. The van der Waals surface area contributed by atoms with Crippen LogP contribution >= 0.6 is 0 Å². The van der Waals surface area contributed by atoms with Gasteiger partial charge in [-0.1, -0.05) is 24.3 Å². The molecule has 2 aromatic carbocycles. The van der Waals surface area contributed by atoms with Crippen molar-refractivity contribution in [3.05, 3.63) is 78.1 Å². The highest BCUT2D eigenvalue weighted by molar-refractivity contribution is 5.94. The molecule has 0 N–H and O–H groups in total. The number of carbonyl (C=O) groups excluding carboxylic acids is 1. The van der Waals surface area contributed by atoms with Gasteiger partial charge in [0.2, 0.25) is 0 Å². The van der Waals surface area contributed by atoms with Gasteiger partial charge in [0.1, 0.15) is 11.6 Å². The molecular formula is C21H19F2N3O. The maximum Gasteiger partial charge on any atom is 0.256 e. The van der Waals surface area contributed by atoms with Crippen LogP contribution in [0.5, 0.6) is 0 Å². The van der Waals surface area contributed by atoms with Gasteiger partial charge in [0.15, 0.2) is 0 Å². The topological polar surface area (TPSA) is 38.1 Å². The Kier molecular flexibility index (Phi) is 4.71. The molecule has 4 nitrogen and oxygen atoms in total. The molecular weight excluding hydrogens is 348 g/mol. The van der Waals surface area contributed by atoms with Crippen LogP contribution in [-0.2, 0) is 0 Å². The van der Waals surface area contributed by atoms with Crippen LogP contribution in [0, 0.1) is 11.6 Å². The van der Waals surface area contributed by atoms with Gasteiger partial charge in [-0.25, -0.2) is 8.78 Å². The van der Waals surface area contributed by atoms with Crippen LogP contribution < -0.4 is 0 Å². The Balaban J connectivity index is 1.51. The summed E-state index contributed by atoms with van der Waals surface area (Å²) in [6.07, 6.45) is 5.38. The first-order chi connectivity index (χ1) is 13.1. The summed E-state index contributed by atoms with van der Waals surface area (Å²) < 4.78 is 28.9. The summed E-state index contributed by atoms with van der Waals surface area (Å²) in [6.45, 7) is 1.09. The van der Waals surface area contributed by atoms with Crippen LogP contribution in [-0.4, -0.2) is 33.7 Å². The number of hydrogen-bond acceptors (Lipinski definition) is 2. The normalized spacial score (nSPS) is 17.1. The van der Waals surface area contributed by atoms with Gasteiger partial charge in [-0.3, -0.25) is 9.48 Å². The van der Waals surface area contributed by atoms with Gasteiger partial charge in [0.05, 0.1) is 17.8 Å². The van der Waals surface area contributed by atoms with Crippen molar-refractivity contribution in [2.75, 3.05) is 13.1 Å². The highest BCUT2D eigenvalue weighted by Gasteiger charge is 2.27. The second kappa shape index (κ2) is 7.31. The number of likely N-dealkylation sites (tertiary alicyclic amines) is 1. The predicted octanol–water partition coefficient (Wildman–Crippen LogP) is 4.31. The molecule has 1 unspecified atom stereocenters. The first-order valence-corrected chi connectivity index (χ1v) is 8.96. The molecule has 2 heterocycles. The third kappa shape index (κ3) is 3.60. The average Bonchev–Trinajstić information content (AvgIpc) is 3.19. The van der Waals surface area contributed by atoms with Crippen LogP contribution in [0.1, 0.15) is 29.2 Å². The van der Waals surface area contributed by atoms with Crippen molar-refractivity contribution >= 4 is 5.91 Å². The molecule has 4 rings (SSSR count). The van der Waals surface area contributed by atoms with Crippen LogP contribution in [0.25, 0.3) is 11.1 Å². The number of piperidine rings is 1. The van der Waals surface area contributed by atoms with Gasteiger partial charge in [-0.05, 0) is 42.7 Å². The molecule has 3 aromatic rings. The second-order valence-electron chi connectivity index (χ2n) is 6.74. The Morgan fingerprint density at radius 3 is 2.59 bits per heavy atom. The molecule has 1 aliphatic rings. The van der Waals surface area contributed by atoms with E-state index in [0.717, 1.165) is 24.0 Å². The molecule has 0 aliphatic carbocycles. The number of hydrogen-bond donors (Lipinski definition) is 0. The molecule has 1 aliphatic heterocycles. The minimum atomic E-state index is -0.498. The van der Waals surface area contributed by atoms with E-state index in [9.17, 15) is 13.6 Å². The Labute approximate surface area is 156 Å². The lowest BCUT2D eigenvalue weighted by Gasteiger charge is -2.33. The molecule has 1 saturated heterocycles.